The SMILES string of the molecule is CC(Oc1ccc(N)c([N+](=O)[O-])c1)N1CCc2ccccc2C1. The van der Waals surface area contributed by atoms with Gasteiger partial charge in [-0.3, -0.25) is 15.0 Å². The molecular weight excluding hydrogens is 294 g/mol. The Morgan fingerprint density at radius 2 is 2.00 bits per heavy atom. The lowest BCUT2D eigenvalue weighted by Gasteiger charge is -2.33. The van der Waals surface area contributed by atoms with E-state index in [1.165, 1.54) is 23.3 Å². The van der Waals surface area contributed by atoms with Gasteiger partial charge in [-0.05, 0) is 36.6 Å². The van der Waals surface area contributed by atoms with Crippen LogP contribution in [0.5, 0.6) is 5.75 Å². The molecule has 2 aromatic carbocycles. The molecule has 0 saturated carbocycles. The number of hydrogen-bond donors (Lipinski definition) is 1. The van der Waals surface area contributed by atoms with Crippen molar-refractivity contribution in [2.45, 2.75) is 26.1 Å². The third-order valence-electron chi connectivity index (χ3n) is 4.18. The van der Waals surface area contributed by atoms with E-state index in [9.17, 15) is 10.1 Å². The van der Waals surface area contributed by atoms with Crippen LogP contribution in [-0.4, -0.2) is 22.6 Å². The van der Waals surface area contributed by atoms with Crippen LogP contribution in [-0.2, 0) is 13.0 Å². The smallest absolute Gasteiger partial charge is 0.295 e. The quantitative estimate of drug-likeness (QED) is 0.533. The minimum atomic E-state index is -0.496. The normalized spacial score (nSPS) is 15.7. The molecule has 0 aromatic heterocycles. The number of nitrogens with zero attached hydrogens (tertiary/aromatic N) is 2. The molecule has 2 N–H and O–H groups in total. The molecule has 120 valence electrons. The molecule has 0 radical (unpaired) electrons. The van der Waals surface area contributed by atoms with Crippen LogP contribution in [0.3, 0.4) is 0 Å². The molecule has 6 heteroatoms. The van der Waals surface area contributed by atoms with E-state index in [-0.39, 0.29) is 17.6 Å². The third-order valence-corrected chi connectivity index (χ3v) is 4.18. The Bertz CT molecular complexity index is 733. The van der Waals surface area contributed by atoms with E-state index in [4.69, 9.17) is 10.5 Å². The van der Waals surface area contributed by atoms with Crippen LogP contribution in [0.2, 0.25) is 0 Å². The largest absolute Gasteiger partial charge is 0.475 e. The average molecular weight is 313 g/mol. The number of nitrogen functional groups attached to an aromatic ring is 1. The zero-order chi connectivity index (χ0) is 16.4. The van der Waals surface area contributed by atoms with Gasteiger partial charge in [0.05, 0.1) is 11.0 Å². The minimum absolute atomic E-state index is 0.126. The zero-order valence-electron chi connectivity index (χ0n) is 12.9. The van der Waals surface area contributed by atoms with Crippen molar-refractivity contribution in [2.24, 2.45) is 0 Å². The fourth-order valence-electron chi connectivity index (χ4n) is 2.85. The molecule has 1 heterocycles. The van der Waals surface area contributed by atoms with Crippen molar-refractivity contribution in [3.63, 3.8) is 0 Å². The molecule has 0 saturated heterocycles. The zero-order valence-corrected chi connectivity index (χ0v) is 12.9. The number of benzene rings is 2. The predicted octanol–water partition coefficient (Wildman–Crippen LogP) is 2.96. The Kier molecular flexibility index (Phi) is 4.16. The first-order chi connectivity index (χ1) is 11.0. The fourth-order valence-corrected chi connectivity index (χ4v) is 2.85. The van der Waals surface area contributed by atoms with Crippen molar-refractivity contribution in [3.05, 3.63) is 63.7 Å². The molecule has 0 aliphatic carbocycles. The molecule has 1 aliphatic heterocycles. The first kappa shape index (κ1) is 15.3. The topological polar surface area (TPSA) is 81.6 Å². The van der Waals surface area contributed by atoms with Crippen LogP contribution in [0.4, 0.5) is 11.4 Å². The Hall–Kier alpha value is -2.60. The second-order valence-corrected chi connectivity index (χ2v) is 5.68. The van der Waals surface area contributed by atoms with Gasteiger partial charge < -0.3 is 10.5 Å². The molecule has 0 amide bonds. The van der Waals surface area contributed by atoms with E-state index in [1.807, 2.05) is 13.0 Å². The molecular formula is C17H19N3O3. The Balaban J connectivity index is 1.72. The summed E-state index contributed by atoms with van der Waals surface area (Å²) in [7, 11) is 0. The summed E-state index contributed by atoms with van der Waals surface area (Å²) in [5, 5.41) is 11.0. The third kappa shape index (κ3) is 3.27. The highest BCUT2D eigenvalue weighted by Crippen LogP contribution is 2.28. The van der Waals surface area contributed by atoms with Crippen LogP contribution in [0.1, 0.15) is 18.1 Å². The van der Waals surface area contributed by atoms with Crippen LogP contribution in [0, 0.1) is 10.1 Å². The average Bonchev–Trinajstić information content (AvgIpc) is 2.55. The summed E-state index contributed by atoms with van der Waals surface area (Å²) < 4.78 is 5.88. The summed E-state index contributed by atoms with van der Waals surface area (Å²) in [6.07, 6.45) is 0.803. The summed E-state index contributed by atoms with van der Waals surface area (Å²) in [5.74, 6) is 0.456. The second-order valence-electron chi connectivity index (χ2n) is 5.68. The standard InChI is InChI=1S/C17H19N3O3/c1-12(19-9-8-13-4-2-3-5-14(13)11-19)23-15-6-7-16(18)17(10-15)20(21)22/h2-7,10,12H,8-9,11,18H2,1H3. The number of fused-ring (bicyclic) bond motifs is 1. The number of nitro benzene ring substituents is 1. The molecule has 2 aromatic rings. The van der Waals surface area contributed by atoms with E-state index in [0.717, 1.165) is 19.5 Å². The van der Waals surface area contributed by atoms with Crippen LogP contribution in [0.25, 0.3) is 0 Å². The molecule has 1 atom stereocenters. The van der Waals surface area contributed by atoms with E-state index < -0.39 is 4.92 Å². The summed E-state index contributed by atoms with van der Waals surface area (Å²) in [5.41, 5.74) is 8.30. The fraction of sp³-hybridized carbons (Fsp3) is 0.294. The predicted molar refractivity (Wildman–Crippen MR) is 88.2 cm³/mol. The van der Waals surface area contributed by atoms with Gasteiger partial charge in [0.2, 0.25) is 0 Å². The lowest BCUT2D eigenvalue weighted by atomic mass is 10.00. The number of hydrogen-bond acceptors (Lipinski definition) is 5. The van der Waals surface area contributed by atoms with Crippen LogP contribution in [0.15, 0.2) is 42.5 Å². The highest BCUT2D eigenvalue weighted by Gasteiger charge is 2.22. The molecule has 0 bridgehead atoms. The molecule has 3 rings (SSSR count). The van der Waals surface area contributed by atoms with Crippen LogP contribution < -0.4 is 10.5 Å². The maximum Gasteiger partial charge on any atom is 0.295 e. The van der Waals surface area contributed by atoms with Gasteiger partial charge >= 0.3 is 0 Å². The molecule has 0 spiro atoms. The Labute approximate surface area is 134 Å². The van der Waals surface area contributed by atoms with Gasteiger partial charge in [0.25, 0.3) is 5.69 Å². The Morgan fingerprint density at radius 1 is 1.26 bits per heavy atom. The summed E-state index contributed by atoms with van der Waals surface area (Å²) in [6.45, 7) is 3.67. The maximum absolute atomic E-state index is 11.0. The van der Waals surface area contributed by atoms with Crippen molar-refractivity contribution in [3.8, 4) is 5.75 Å². The first-order valence-corrected chi connectivity index (χ1v) is 7.56. The molecule has 1 aliphatic rings. The van der Waals surface area contributed by atoms with E-state index in [0.29, 0.717) is 5.75 Å². The van der Waals surface area contributed by atoms with Gasteiger partial charge in [0.1, 0.15) is 17.7 Å². The number of ether oxygens (including phenoxy) is 1. The van der Waals surface area contributed by atoms with Crippen molar-refractivity contribution < 1.29 is 9.66 Å². The number of rotatable bonds is 4. The van der Waals surface area contributed by atoms with Crippen molar-refractivity contribution in [1.82, 2.24) is 4.90 Å². The van der Waals surface area contributed by atoms with Gasteiger partial charge in [-0.1, -0.05) is 24.3 Å². The van der Waals surface area contributed by atoms with Gasteiger partial charge in [-0.15, -0.1) is 0 Å². The molecule has 0 fully saturated rings. The maximum atomic E-state index is 11.0. The highest BCUT2D eigenvalue weighted by molar-refractivity contribution is 5.60. The summed E-state index contributed by atoms with van der Waals surface area (Å²) in [6, 6.07) is 12.9. The van der Waals surface area contributed by atoms with Gasteiger partial charge in [0, 0.05) is 13.1 Å². The Morgan fingerprint density at radius 3 is 2.74 bits per heavy atom. The minimum Gasteiger partial charge on any atom is -0.475 e. The highest BCUT2D eigenvalue weighted by atomic mass is 16.6. The number of nitrogens with two attached hydrogens (primary N) is 1. The van der Waals surface area contributed by atoms with Gasteiger partial charge in [-0.2, -0.15) is 0 Å². The van der Waals surface area contributed by atoms with E-state index >= 15 is 0 Å². The van der Waals surface area contributed by atoms with Crippen LogP contribution >= 0.6 is 0 Å². The van der Waals surface area contributed by atoms with Gasteiger partial charge in [-0.25, -0.2) is 0 Å². The summed E-state index contributed by atoms with van der Waals surface area (Å²) in [4.78, 5) is 12.7. The molecule has 1 unspecified atom stereocenters. The van der Waals surface area contributed by atoms with E-state index in [2.05, 4.69) is 23.1 Å². The lowest BCUT2D eigenvalue weighted by Crippen LogP contribution is -2.40. The summed E-state index contributed by atoms with van der Waals surface area (Å²) >= 11 is 0. The lowest BCUT2D eigenvalue weighted by molar-refractivity contribution is -0.384. The van der Waals surface area contributed by atoms with Crippen molar-refractivity contribution >= 4 is 11.4 Å². The first-order valence-electron chi connectivity index (χ1n) is 7.56. The van der Waals surface area contributed by atoms with E-state index in [1.54, 1.807) is 6.07 Å². The number of nitro groups is 1. The number of anilines is 1. The molecule has 23 heavy (non-hydrogen) atoms. The van der Waals surface area contributed by atoms with Gasteiger partial charge in [0.15, 0.2) is 0 Å². The van der Waals surface area contributed by atoms with Crippen molar-refractivity contribution in [2.75, 3.05) is 12.3 Å². The van der Waals surface area contributed by atoms with Crippen molar-refractivity contribution in [1.29, 1.82) is 0 Å². The monoisotopic (exact) mass is 313 g/mol. The second kappa shape index (κ2) is 6.26. The molecule has 6 nitrogen and oxygen atoms in total.